The van der Waals surface area contributed by atoms with Gasteiger partial charge in [-0.25, -0.2) is 0 Å². The second-order valence-electron chi connectivity index (χ2n) is 3.47. The molecule has 96 valence electrons. The van der Waals surface area contributed by atoms with Crippen molar-refractivity contribution in [3.63, 3.8) is 0 Å². The number of amides is 1. The molecule has 0 aliphatic carbocycles. The Balaban J connectivity index is 2.31. The van der Waals surface area contributed by atoms with Crippen molar-refractivity contribution in [3.05, 3.63) is 20.7 Å². The predicted octanol–water partition coefficient (Wildman–Crippen LogP) is -0.193. The first-order valence-electron chi connectivity index (χ1n) is 5.40. The fourth-order valence-corrected chi connectivity index (χ4v) is 1.90. The van der Waals surface area contributed by atoms with Crippen molar-refractivity contribution in [3.8, 4) is 0 Å². The van der Waals surface area contributed by atoms with E-state index >= 15 is 0 Å². The molecule has 1 atom stereocenters. The third-order valence-electron chi connectivity index (χ3n) is 2.13. The molecule has 0 spiro atoms. The molecule has 1 unspecified atom stereocenters. The zero-order valence-electron chi connectivity index (χ0n) is 9.69. The van der Waals surface area contributed by atoms with E-state index in [1.165, 1.54) is 0 Å². The molecular weight excluding hydrogens is 242 g/mol. The standard InChI is InChI=1S/C10H17N3O3S/c1-2-16-8(4-11)3-9(14)12-5-7-6-17-10(15)13-7/h6,8H,2-5,11H2,1H3,(H,12,14)(H,13,15). The molecule has 0 radical (unpaired) electrons. The number of nitrogens with one attached hydrogen (secondary N) is 2. The number of nitrogens with two attached hydrogens (primary N) is 1. The number of thiazole rings is 1. The smallest absolute Gasteiger partial charge is 0.304 e. The average molecular weight is 259 g/mol. The predicted molar refractivity (Wildman–Crippen MR) is 65.9 cm³/mol. The van der Waals surface area contributed by atoms with Gasteiger partial charge in [-0.05, 0) is 6.92 Å². The number of carbonyl (C=O) groups excluding carboxylic acids is 1. The Labute approximate surface area is 103 Å². The minimum absolute atomic E-state index is 0.122. The van der Waals surface area contributed by atoms with Gasteiger partial charge in [-0.3, -0.25) is 9.59 Å². The van der Waals surface area contributed by atoms with Gasteiger partial charge in [0.1, 0.15) is 0 Å². The largest absolute Gasteiger partial charge is 0.377 e. The van der Waals surface area contributed by atoms with Crippen LogP contribution in [0.4, 0.5) is 0 Å². The molecule has 0 saturated heterocycles. The first kappa shape index (κ1) is 13.9. The molecule has 0 saturated carbocycles. The van der Waals surface area contributed by atoms with Crippen LogP contribution in [0.3, 0.4) is 0 Å². The van der Waals surface area contributed by atoms with E-state index in [1.807, 2.05) is 6.92 Å². The Kier molecular flexibility index (Phi) is 5.88. The van der Waals surface area contributed by atoms with Crippen molar-refractivity contribution >= 4 is 17.2 Å². The van der Waals surface area contributed by atoms with Crippen molar-refractivity contribution in [2.24, 2.45) is 5.73 Å². The van der Waals surface area contributed by atoms with Crippen LogP contribution in [0.1, 0.15) is 19.0 Å². The number of hydrogen-bond donors (Lipinski definition) is 3. The molecule has 1 amide bonds. The maximum Gasteiger partial charge on any atom is 0.304 e. The Bertz CT molecular complexity index is 402. The summed E-state index contributed by atoms with van der Waals surface area (Å²) in [5, 5.41) is 4.38. The first-order valence-corrected chi connectivity index (χ1v) is 6.28. The number of H-pyrrole nitrogens is 1. The van der Waals surface area contributed by atoms with Gasteiger partial charge >= 0.3 is 4.87 Å². The number of rotatable bonds is 7. The third-order valence-corrected chi connectivity index (χ3v) is 2.84. The van der Waals surface area contributed by atoms with Gasteiger partial charge in [-0.1, -0.05) is 11.3 Å². The minimum atomic E-state index is -0.249. The van der Waals surface area contributed by atoms with Gasteiger partial charge in [-0.15, -0.1) is 0 Å². The highest BCUT2D eigenvalue weighted by Gasteiger charge is 2.12. The summed E-state index contributed by atoms with van der Waals surface area (Å²) in [4.78, 5) is 24.9. The lowest BCUT2D eigenvalue weighted by Crippen LogP contribution is -2.32. The quantitative estimate of drug-likeness (QED) is 0.632. The van der Waals surface area contributed by atoms with Crippen LogP contribution in [-0.4, -0.2) is 30.1 Å². The van der Waals surface area contributed by atoms with Gasteiger partial charge in [0.25, 0.3) is 0 Å². The maximum atomic E-state index is 11.5. The molecule has 1 aromatic rings. The molecule has 0 fully saturated rings. The highest BCUT2D eigenvalue weighted by Crippen LogP contribution is 1.98. The van der Waals surface area contributed by atoms with E-state index in [4.69, 9.17) is 10.5 Å². The van der Waals surface area contributed by atoms with Gasteiger partial charge in [0.2, 0.25) is 5.91 Å². The van der Waals surface area contributed by atoms with Crippen molar-refractivity contribution in [2.45, 2.75) is 26.0 Å². The van der Waals surface area contributed by atoms with E-state index in [9.17, 15) is 9.59 Å². The molecule has 7 heteroatoms. The highest BCUT2D eigenvalue weighted by atomic mass is 32.1. The molecule has 1 rings (SSSR count). The van der Waals surface area contributed by atoms with Crippen molar-refractivity contribution in [1.82, 2.24) is 10.3 Å². The topological polar surface area (TPSA) is 97.2 Å². The van der Waals surface area contributed by atoms with Crippen molar-refractivity contribution in [1.29, 1.82) is 0 Å². The first-order chi connectivity index (χ1) is 8.15. The van der Waals surface area contributed by atoms with E-state index in [0.717, 1.165) is 11.3 Å². The summed E-state index contributed by atoms with van der Waals surface area (Å²) in [6.07, 6.45) is -0.0138. The molecule has 0 aliphatic heterocycles. The van der Waals surface area contributed by atoms with Crippen LogP contribution in [0.15, 0.2) is 10.2 Å². The SMILES string of the molecule is CCOC(CN)CC(=O)NCc1csc(=O)[nH]1. The summed E-state index contributed by atoms with van der Waals surface area (Å²) in [5.74, 6) is -0.138. The number of carbonyl (C=O) groups is 1. The van der Waals surface area contributed by atoms with Crippen molar-refractivity contribution < 1.29 is 9.53 Å². The summed E-state index contributed by atoms with van der Waals surface area (Å²) in [7, 11) is 0. The number of ether oxygens (including phenoxy) is 1. The van der Waals surface area contributed by atoms with Crippen LogP contribution in [-0.2, 0) is 16.1 Å². The fourth-order valence-electron chi connectivity index (χ4n) is 1.32. The van der Waals surface area contributed by atoms with E-state index in [1.54, 1.807) is 5.38 Å². The summed E-state index contributed by atoms with van der Waals surface area (Å²) in [6.45, 7) is 3.03. The van der Waals surface area contributed by atoms with E-state index in [-0.39, 0.29) is 23.3 Å². The number of aromatic nitrogens is 1. The van der Waals surface area contributed by atoms with Gasteiger partial charge in [0.05, 0.1) is 19.1 Å². The second-order valence-corrected chi connectivity index (χ2v) is 4.31. The zero-order chi connectivity index (χ0) is 12.7. The zero-order valence-corrected chi connectivity index (χ0v) is 10.5. The summed E-state index contributed by atoms with van der Waals surface area (Å²) < 4.78 is 5.28. The molecule has 6 nitrogen and oxygen atoms in total. The van der Waals surface area contributed by atoms with Crippen LogP contribution in [0.5, 0.6) is 0 Å². The molecule has 17 heavy (non-hydrogen) atoms. The van der Waals surface area contributed by atoms with Gasteiger partial charge in [0.15, 0.2) is 0 Å². The third kappa shape index (κ3) is 5.12. The Morgan fingerprint density at radius 2 is 2.47 bits per heavy atom. The molecule has 0 aliphatic rings. The van der Waals surface area contributed by atoms with Crippen LogP contribution in [0.25, 0.3) is 0 Å². The van der Waals surface area contributed by atoms with Crippen LogP contribution >= 0.6 is 11.3 Å². The minimum Gasteiger partial charge on any atom is -0.377 e. The second kappa shape index (κ2) is 7.21. The lowest BCUT2D eigenvalue weighted by atomic mass is 10.2. The Morgan fingerprint density at radius 3 is 3.00 bits per heavy atom. The van der Waals surface area contributed by atoms with E-state index < -0.39 is 0 Å². The molecule has 1 aromatic heterocycles. The van der Waals surface area contributed by atoms with Gasteiger partial charge in [0, 0.05) is 24.2 Å². The number of hydrogen-bond acceptors (Lipinski definition) is 5. The highest BCUT2D eigenvalue weighted by molar-refractivity contribution is 7.07. The summed E-state index contributed by atoms with van der Waals surface area (Å²) >= 11 is 1.08. The maximum absolute atomic E-state index is 11.5. The van der Waals surface area contributed by atoms with E-state index in [2.05, 4.69) is 10.3 Å². The van der Waals surface area contributed by atoms with Crippen molar-refractivity contribution in [2.75, 3.05) is 13.2 Å². The van der Waals surface area contributed by atoms with E-state index in [0.29, 0.717) is 25.4 Å². The lowest BCUT2D eigenvalue weighted by molar-refractivity contribution is -0.123. The lowest BCUT2D eigenvalue weighted by Gasteiger charge is -2.14. The van der Waals surface area contributed by atoms with Crippen LogP contribution in [0.2, 0.25) is 0 Å². The summed E-state index contributed by atoms with van der Waals surface area (Å²) in [6, 6.07) is 0. The molecular formula is C10H17N3O3S. The average Bonchev–Trinajstić information content (AvgIpc) is 2.72. The molecule has 0 aromatic carbocycles. The fraction of sp³-hybridized carbons (Fsp3) is 0.600. The number of aromatic amines is 1. The summed E-state index contributed by atoms with van der Waals surface area (Å²) in [5.41, 5.74) is 6.17. The monoisotopic (exact) mass is 259 g/mol. The van der Waals surface area contributed by atoms with Gasteiger partial charge < -0.3 is 20.8 Å². The Hall–Kier alpha value is -1.18. The molecule has 4 N–H and O–H groups in total. The normalized spacial score (nSPS) is 12.4. The Morgan fingerprint density at radius 1 is 1.71 bits per heavy atom. The van der Waals surface area contributed by atoms with Crippen LogP contribution in [0, 0.1) is 0 Å². The van der Waals surface area contributed by atoms with Crippen LogP contribution < -0.4 is 15.9 Å². The molecule has 1 heterocycles. The molecule has 0 bridgehead atoms. The van der Waals surface area contributed by atoms with Gasteiger partial charge in [-0.2, -0.15) is 0 Å².